The van der Waals surface area contributed by atoms with Gasteiger partial charge in [-0.1, -0.05) is 0 Å². The van der Waals surface area contributed by atoms with Crippen molar-refractivity contribution in [2.24, 2.45) is 0 Å². The number of nitrogens with zero attached hydrogens (tertiary/aromatic N) is 5. The van der Waals surface area contributed by atoms with Crippen LogP contribution in [0.5, 0.6) is 0 Å². The van der Waals surface area contributed by atoms with Crippen molar-refractivity contribution in [3.63, 3.8) is 0 Å². The average Bonchev–Trinajstić information content (AvgIpc) is 3.63. The highest BCUT2D eigenvalue weighted by molar-refractivity contribution is 7.14. The number of Topliss-reactive ketones (excluding diaryl/α,β-unsaturated/α-hetero) is 2. The number of rotatable bonds is 4. The van der Waals surface area contributed by atoms with Gasteiger partial charge in [-0.25, -0.2) is 9.97 Å². The summed E-state index contributed by atoms with van der Waals surface area (Å²) in [7, 11) is 1.99. The zero-order valence-corrected chi connectivity index (χ0v) is 21.9. The Labute approximate surface area is 216 Å². The van der Waals surface area contributed by atoms with Crippen LogP contribution in [0.4, 0.5) is 0 Å². The van der Waals surface area contributed by atoms with Crippen molar-refractivity contribution in [3.8, 4) is 0 Å². The normalized spacial score (nSPS) is 24.0. The number of ketones is 4. The fraction of sp³-hybridized carbons (Fsp3) is 0.440. The number of thiazole rings is 2. The van der Waals surface area contributed by atoms with Crippen LogP contribution in [0, 0.1) is 13.8 Å². The van der Waals surface area contributed by atoms with E-state index >= 15 is 0 Å². The van der Waals surface area contributed by atoms with E-state index in [9.17, 15) is 19.2 Å². The molecule has 2 aliphatic carbocycles. The number of hydrogen-bond acceptors (Lipinski definition) is 11. The van der Waals surface area contributed by atoms with Crippen LogP contribution in [-0.4, -0.2) is 80.3 Å². The van der Waals surface area contributed by atoms with Crippen molar-refractivity contribution in [1.29, 1.82) is 0 Å². The molecule has 0 aromatic carbocycles. The van der Waals surface area contributed by atoms with Gasteiger partial charge in [-0.15, -0.1) is 22.7 Å². The Kier molecular flexibility index (Phi) is 5.54. The Morgan fingerprint density at radius 2 is 1.19 bits per heavy atom. The van der Waals surface area contributed by atoms with Crippen LogP contribution in [0.1, 0.15) is 76.0 Å². The molecule has 4 heterocycles. The molecule has 2 atom stereocenters. The second-order valence-electron chi connectivity index (χ2n) is 9.57. The van der Waals surface area contributed by atoms with Crippen LogP contribution >= 0.6 is 22.7 Å². The fourth-order valence-electron chi connectivity index (χ4n) is 5.78. The Morgan fingerprint density at radius 3 is 1.61 bits per heavy atom. The minimum absolute atomic E-state index is 0.119. The van der Waals surface area contributed by atoms with E-state index < -0.39 is 0 Å². The van der Waals surface area contributed by atoms with E-state index in [1.165, 1.54) is 34.8 Å². The van der Waals surface area contributed by atoms with Crippen molar-refractivity contribution in [1.82, 2.24) is 24.7 Å². The van der Waals surface area contributed by atoms with Crippen LogP contribution < -0.4 is 0 Å². The van der Waals surface area contributed by atoms with E-state index in [1.54, 1.807) is 13.8 Å². The summed E-state index contributed by atoms with van der Waals surface area (Å²) in [5.41, 5.74) is 1.29. The number of hydrogen-bond donors (Lipinski definition) is 0. The third-order valence-electron chi connectivity index (χ3n) is 7.35. The second-order valence-corrected chi connectivity index (χ2v) is 12.0. The van der Waals surface area contributed by atoms with Gasteiger partial charge in [0.1, 0.15) is 21.1 Å². The lowest BCUT2D eigenvalue weighted by atomic mass is 10.0. The van der Waals surface area contributed by atoms with Gasteiger partial charge in [0.05, 0.1) is 33.7 Å². The molecular weight excluding hydrogens is 498 g/mol. The van der Waals surface area contributed by atoms with Gasteiger partial charge in [-0.2, -0.15) is 0 Å². The van der Waals surface area contributed by atoms with Crippen LogP contribution in [0.3, 0.4) is 0 Å². The minimum atomic E-state index is -0.209. The van der Waals surface area contributed by atoms with Crippen LogP contribution in [0.25, 0.3) is 0 Å². The van der Waals surface area contributed by atoms with Gasteiger partial charge < -0.3 is 9.80 Å². The highest BCUT2D eigenvalue weighted by Gasteiger charge is 2.43. The average molecular weight is 524 g/mol. The molecular formula is C25H25N5O4S2. The molecule has 2 fully saturated rings. The summed E-state index contributed by atoms with van der Waals surface area (Å²) >= 11 is 2.51. The third kappa shape index (κ3) is 3.52. The predicted octanol–water partition coefficient (Wildman–Crippen LogP) is 3.22. The van der Waals surface area contributed by atoms with Crippen LogP contribution in [0.15, 0.2) is 23.5 Å². The minimum Gasteiger partial charge on any atom is -0.352 e. The summed E-state index contributed by atoms with van der Waals surface area (Å²) in [4.78, 5) is 67.9. The first-order valence-electron chi connectivity index (χ1n) is 12.1. The van der Waals surface area contributed by atoms with Gasteiger partial charge in [-0.3, -0.25) is 24.1 Å². The Hall–Kier alpha value is -3.02. The first-order chi connectivity index (χ1) is 17.2. The maximum atomic E-state index is 13.3. The molecule has 2 unspecified atom stereocenters. The van der Waals surface area contributed by atoms with E-state index in [-0.39, 0.29) is 46.9 Å². The highest BCUT2D eigenvalue weighted by Crippen LogP contribution is 2.37. The molecule has 0 bridgehead atoms. The van der Waals surface area contributed by atoms with Gasteiger partial charge >= 0.3 is 0 Å². The standard InChI is InChI=1S/C25H25N5O4S2/c1-12-26-20-22(33)14(10-16(31)24(20)35-12)29-8-4-6-18(29)28(3)19-7-5-9-30(19)15-11-17(32)25-21(23(15)34)27-13(2)36-25/h10-11,18-19H,4-9H2,1-3H3. The SMILES string of the molecule is Cc1nc2c(s1)C(=O)C=C(N1CCCC1N(C)C1CCCN1C1=CC(=O)c3sc(C)nc3C1=O)C2=O. The molecule has 2 aromatic heterocycles. The number of allylic oxidation sites excluding steroid dienone is 4. The fourth-order valence-corrected chi connectivity index (χ4v) is 7.44. The number of carbonyl (C=O) groups is 4. The van der Waals surface area contributed by atoms with E-state index in [1.807, 2.05) is 16.8 Å². The number of fused-ring (bicyclic) bond motifs is 2. The van der Waals surface area contributed by atoms with E-state index in [2.05, 4.69) is 14.9 Å². The molecule has 36 heavy (non-hydrogen) atoms. The van der Waals surface area contributed by atoms with E-state index in [0.717, 1.165) is 25.7 Å². The quantitative estimate of drug-likeness (QED) is 0.597. The molecule has 0 N–H and O–H groups in total. The Morgan fingerprint density at radius 1 is 0.778 bits per heavy atom. The van der Waals surface area contributed by atoms with Gasteiger partial charge in [0.15, 0.2) is 11.6 Å². The lowest BCUT2D eigenvalue weighted by Crippen LogP contribution is -2.53. The molecule has 2 saturated heterocycles. The van der Waals surface area contributed by atoms with E-state index in [0.29, 0.717) is 44.3 Å². The smallest absolute Gasteiger partial charge is 0.229 e. The molecule has 4 aliphatic rings. The largest absolute Gasteiger partial charge is 0.352 e. The highest BCUT2D eigenvalue weighted by atomic mass is 32.1. The first kappa shape index (κ1) is 23.4. The van der Waals surface area contributed by atoms with Crippen molar-refractivity contribution in [2.45, 2.75) is 51.9 Å². The van der Waals surface area contributed by atoms with E-state index in [4.69, 9.17) is 0 Å². The molecule has 6 rings (SSSR count). The third-order valence-corrected chi connectivity index (χ3v) is 9.32. The van der Waals surface area contributed by atoms with Gasteiger partial charge in [0.2, 0.25) is 11.6 Å². The maximum absolute atomic E-state index is 13.3. The van der Waals surface area contributed by atoms with Gasteiger partial charge in [0, 0.05) is 25.2 Å². The molecule has 0 saturated carbocycles. The summed E-state index contributed by atoms with van der Waals surface area (Å²) in [6, 6.07) is 0. The lowest BCUT2D eigenvalue weighted by Gasteiger charge is -2.42. The van der Waals surface area contributed by atoms with Crippen molar-refractivity contribution >= 4 is 45.8 Å². The van der Waals surface area contributed by atoms with Crippen molar-refractivity contribution in [3.05, 3.63) is 54.7 Å². The maximum Gasteiger partial charge on any atom is 0.229 e. The van der Waals surface area contributed by atoms with Crippen LogP contribution in [-0.2, 0) is 0 Å². The number of aromatic nitrogens is 2. The number of carbonyl (C=O) groups excluding carboxylic acids is 4. The molecule has 0 spiro atoms. The van der Waals surface area contributed by atoms with Crippen molar-refractivity contribution < 1.29 is 19.2 Å². The summed E-state index contributed by atoms with van der Waals surface area (Å²) in [6.07, 6.45) is 6.08. The molecule has 2 aromatic rings. The summed E-state index contributed by atoms with van der Waals surface area (Å²) in [5, 5.41) is 1.40. The molecule has 0 amide bonds. The lowest BCUT2D eigenvalue weighted by molar-refractivity contribution is 0.0273. The number of aryl methyl sites for hydroxylation is 2. The summed E-state index contributed by atoms with van der Waals surface area (Å²) in [6.45, 7) is 4.91. The number of likely N-dealkylation sites (tertiary alicyclic amines) is 2. The molecule has 2 aliphatic heterocycles. The first-order valence-corrected chi connectivity index (χ1v) is 13.7. The zero-order valence-electron chi connectivity index (χ0n) is 20.2. The molecule has 0 radical (unpaired) electrons. The molecule has 9 nitrogen and oxygen atoms in total. The second kappa shape index (κ2) is 8.53. The monoisotopic (exact) mass is 523 g/mol. The molecule has 186 valence electrons. The van der Waals surface area contributed by atoms with Gasteiger partial charge in [-0.05, 0) is 46.6 Å². The Balaban J connectivity index is 1.27. The Bertz CT molecular complexity index is 1300. The summed E-state index contributed by atoms with van der Waals surface area (Å²) < 4.78 is 0. The zero-order chi connectivity index (χ0) is 25.3. The topological polar surface area (TPSA) is 104 Å². The summed E-state index contributed by atoms with van der Waals surface area (Å²) in [5.74, 6) is -0.766. The molecule has 11 heteroatoms. The predicted molar refractivity (Wildman–Crippen MR) is 134 cm³/mol. The van der Waals surface area contributed by atoms with Crippen LogP contribution in [0.2, 0.25) is 0 Å². The van der Waals surface area contributed by atoms with Crippen molar-refractivity contribution in [2.75, 3.05) is 20.1 Å². The van der Waals surface area contributed by atoms with Gasteiger partial charge in [0.25, 0.3) is 0 Å².